The Morgan fingerprint density at radius 3 is 2.14 bits per heavy atom. The molecule has 0 fully saturated rings. The highest BCUT2D eigenvalue weighted by Gasteiger charge is 2.35. The first-order valence-electron chi connectivity index (χ1n) is 12.1. The number of rotatable bonds is 10. The molecule has 3 aromatic carbocycles. The number of halogens is 1. The van der Waals surface area contributed by atoms with Crippen LogP contribution in [0.2, 0.25) is 5.02 Å². The van der Waals surface area contributed by atoms with E-state index in [9.17, 15) is 19.2 Å². The zero-order valence-corrected chi connectivity index (χ0v) is 21.3. The highest BCUT2D eigenvalue weighted by molar-refractivity contribution is 6.30. The third-order valence-corrected chi connectivity index (χ3v) is 6.65. The SMILES string of the molecule is CNC(=O)C(Cc1ccccc1)N(Cc1cccc(Cl)c1)C(=O)CCCN1C(=O)c2ccccc2C1=O. The van der Waals surface area contributed by atoms with Gasteiger partial charge >= 0.3 is 0 Å². The predicted octanol–water partition coefficient (Wildman–Crippen LogP) is 4.10. The lowest BCUT2D eigenvalue weighted by atomic mass is 10.0. The number of likely N-dealkylation sites (N-methyl/N-ethyl adjacent to an activating group) is 1. The summed E-state index contributed by atoms with van der Waals surface area (Å²) in [5, 5.41) is 3.22. The summed E-state index contributed by atoms with van der Waals surface area (Å²) in [6.45, 7) is 0.309. The molecule has 3 aromatic rings. The minimum absolute atomic E-state index is 0.0657. The summed E-state index contributed by atoms with van der Waals surface area (Å²) < 4.78 is 0. The van der Waals surface area contributed by atoms with Crippen LogP contribution in [0.4, 0.5) is 0 Å². The molecule has 1 N–H and O–H groups in total. The molecule has 4 amide bonds. The molecule has 37 heavy (non-hydrogen) atoms. The molecule has 0 aromatic heterocycles. The smallest absolute Gasteiger partial charge is 0.261 e. The Hall–Kier alpha value is -3.97. The van der Waals surface area contributed by atoms with Crippen molar-refractivity contribution in [2.75, 3.05) is 13.6 Å². The summed E-state index contributed by atoms with van der Waals surface area (Å²) in [6, 6.07) is 22.6. The maximum absolute atomic E-state index is 13.6. The van der Waals surface area contributed by atoms with Gasteiger partial charge in [0.25, 0.3) is 11.8 Å². The summed E-state index contributed by atoms with van der Waals surface area (Å²) in [4.78, 5) is 54.6. The molecule has 0 spiro atoms. The average molecular weight is 518 g/mol. The second-order valence-electron chi connectivity index (χ2n) is 8.88. The third-order valence-electron chi connectivity index (χ3n) is 6.41. The summed E-state index contributed by atoms with van der Waals surface area (Å²) in [5.41, 5.74) is 2.47. The van der Waals surface area contributed by atoms with Crippen LogP contribution in [-0.2, 0) is 22.6 Å². The van der Waals surface area contributed by atoms with Crippen LogP contribution in [-0.4, -0.2) is 53.1 Å². The van der Waals surface area contributed by atoms with Gasteiger partial charge in [0.2, 0.25) is 11.8 Å². The maximum atomic E-state index is 13.6. The maximum Gasteiger partial charge on any atom is 0.261 e. The Balaban J connectivity index is 1.51. The molecule has 0 radical (unpaired) electrons. The molecular formula is C29H28ClN3O4. The van der Waals surface area contributed by atoms with Gasteiger partial charge < -0.3 is 10.2 Å². The van der Waals surface area contributed by atoms with Gasteiger partial charge in [0, 0.05) is 38.0 Å². The van der Waals surface area contributed by atoms with Crippen LogP contribution in [0.5, 0.6) is 0 Å². The fraction of sp³-hybridized carbons (Fsp3) is 0.241. The molecule has 1 aliphatic heterocycles. The molecule has 1 atom stereocenters. The lowest BCUT2D eigenvalue weighted by molar-refractivity contribution is -0.141. The van der Waals surface area contributed by atoms with Crippen LogP contribution in [0, 0.1) is 0 Å². The zero-order chi connectivity index (χ0) is 26.4. The minimum atomic E-state index is -0.752. The lowest BCUT2D eigenvalue weighted by Gasteiger charge is -2.31. The number of nitrogens with zero attached hydrogens (tertiary/aromatic N) is 2. The van der Waals surface area contributed by atoms with Gasteiger partial charge in [0.1, 0.15) is 6.04 Å². The number of amides is 4. The van der Waals surface area contributed by atoms with Crippen molar-refractivity contribution in [3.63, 3.8) is 0 Å². The van der Waals surface area contributed by atoms with E-state index in [1.165, 1.54) is 4.90 Å². The Bertz CT molecular complexity index is 1280. The Kier molecular flexibility index (Phi) is 8.36. The molecule has 4 rings (SSSR count). The number of carbonyl (C=O) groups excluding carboxylic acids is 4. The lowest BCUT2D eigenvalue weighted by Crippen LogP contribution is -2.49. The van der Waals surface area contributed by atoms with Crippen molar-refractivity contribution in [1.29, 1.82) is 0 Å². The number of fused-ring (bicyclic) bond motifs is 1. The number of imide groups is 1. The van der Waals surface area contributed by atoms with E-state index in [1.807, 2.05) is 36.4 Å². The fourth-order valence-electron chi connectivity index (χ4n) is 4.53. The van der Waals surface area contributed by atoms with Gasteiger partial charge in [0.05, 0.1) is 11.1 Å². The molecule has 7 nitrogen and oxygen atoms in total. The summed E-state index contributed by atoms with van der Waals surface area (Å²) in [5.74, 6) is -1.23. The minimum Gasteiger partial charge on any atom is -0.357 e. The molecule has 0 saturated carbocycles. The normalized spacial score (nSPS) is 13.3. The predicted molar refractivity (Wildman–Crippen MR) is 141 cm³/mol. The highest BCUT2D eigenvalue weighted by atomic mass is 35.5. The van der Waals surface area contributed by atoms with Gasteiger partial charge in [-0.15, -0.1) is 0 Å². The largest absolute Gasteiger partial charge is 0.357 e. The van der Waals surface area contributed by atoms with Crippen LogP contribution in [0.3, 0.4) is 0 Å². The van der Waals surface area contributed by atoms with Crippen molar-refractivity contribution in [2.45, 2.75) is 31.8 Å². The monoisotopic (exact) mass is 517 g/mol. The van der Waals surface area contributed by atoms with E-state index in [2.05, 4.69) is 5.32 Å². The Labute approximate surface area is 221 Å². The third kappa shape index (κ3) is 6.06. The number of hydrogen-bond donors (Lipinski definition) is 1. The molecule has 1 aliphatic rings. The first-order valence-corrected chi connectivity index (χ1v) is 12.5. The molecule has 0 aliphatic carbocycles. The summed E-state index contributed by atoms with van der Waals surface area (Å²) >= 11 is 6.18. The van der Waals surface area contributed by atoms with Crippen molar-refractivity contribution in [3.05, 3.63) is 106 Å². The number of carbonyl (C=O) groups is 4. The van der Waals surface area contributed by atoms with Crippen molar-refractivity contribution in [2.24, 2.45) is 0 Å². The van der Waals surface area contributed by atoms with E-state index >= 15 is 0 Å². The van der Waals surface area contributed by atoms with Crippen molar-refractivity contribution >= 4 is 35.2 Å². The van der Waals surface area contributed by atoms with Crippen molar-refractivity contribution in [1.82, 2.24) is 15.1 Å². The number of nitrogens with one attached hydrogen (secondary N) is 1. The number of benzene rings is 3. The first-order chi connectivity index (χ1) is 17.9. The number of hydrogen-bond acceptors (Lipinski definition) is 4. The van der Waals surface area contributed by atoms with E-state index in [0.29, 0.717) is 22.6 Å². The van der Waals surface area contributed by atoms with Crippen LogP contribution in [0.1, 0.15) is 44.7 Å². The molecule has 1 unspecified atom stereocenters. The molecule has 0 saturated heterocycles. The molecule has 190 valence electrons. The van der Waals surface area contributed by atoms with Gasteiger partial charge in [0.15, 0.2) is 0 Å². The fourth-order valence-corrected chi connectivity index (χ4v) is 4.74. The van der Waals surface area contributed by atoms with E-state index in [1.54, 1.807) is 54.4 Å². The molecule has 8 heteroatoms. The summed E-state index contributed by atoms with van der Waals surface area (Å²) in [7, 11) is 1.55. The van der Waals surface area contributed by atoms with Gasteiger partial charge in [-0.25, -0.2) is 0 Å². The van der Waals surface area contributed by atoms with E-state index < -0.39 is 6.04 Å². The molecule has 0 bridgehead atoms. The molecular weight excluding hydrogens is 490 g/mol. The van der Waals surface area contributed by atoms with Crippen LogP contribution < -0.4 is 5.32 Å². The van der Waals surface area contributed by atoms with Gasteiger partial charge in [-0.05, 0) is 41.8 Å². The van der Waals surface area contributed by atoms with Crippen molar-refractivity contribution < 1.29 is 19.2 Å². The van der Waals surface area contributed by atoms with E-state index in [4.69, 9.17) is 11.6 Å². The highest BCUT2D eigenvalue weighted by Crippen LogP contribution is 2.23. The van der Waals surface area contributed by atoms with Crippen LogP contribution in [0.15, 0.2) is 78.9 Å². The topological polar surface area (TPSA) is 86.8 Å². The van der Waals surface area contributed by atoms with Gasteiger partial charge in [-0.3, -0.25) is 24.1 Å². The second-order valence-corrected chi connectivity index (χ2v) is 9.32. The quantitative estimate of drug-likeness (QED) is 0.410. The van der Waals surface area contributed by atoms with Gasteiger partial charge in [-0.1, -0.05) is 66.2 Å². The Morgan fingerprint density at radius 1 is 0.892 bits per heavy atom. The van der Waals surface area contributed by atoms with Crippen LogP contribution in [0.25, 0.3) is 0 Å². The Morgan fingerprint density at radius 2 is 1.51 bits per heavy atom. The second kappa shape index (κ2) is 11.8. The van der Waals surface area contributed by atoms with E-state index in [-0.39, 0.29) is 49.6 Å². The standard InChI is InChI=1S/C29H28ClN3O4/c1-31-27(35)25(18-20-9-3-2-4-10-20)33(19-21-11-7-12-22(30)17-21)26(34)15-8-16-32-28(36)23-13-5-6-14-24(23)29(32)37/h2-7,9-14,17,25H,8,15-16,18-19H2,1H3,(H,31,35). The van der Waals surface area contributed by atoms with Gasteiger partial charge in [-0.2, -0.15) is 0 Å². The first kappa shape index (κ1) is 26.1. The van der Waals surface area contributed by atoms with Crippen molar-refractivity contribution in [3.8, 4) is 0 Å². The van der Waals surface area contributed by atoms with Crippen LogP contribution >= 0.6 is 11.6 Å². The molecule has 1 heterocycles. The average Bonchev–Trinajstić information content (AvgIpc) is 3.15. The summed E-state index contributed by atoms with van der Waals surface area (Å²) in [6.07, 6.45) is 0.684. The van der Waals surface area contributed by atoms with E-state index in [0.717, 1.165) is 11.1 Å². The zero-order valence-electron chi connectivity index (χ0n) is 20.5.